The molecule has 0 radical (unpaired) electrons. The highest BCUT2D eigenvalue weighted by molar-refractivity contribution is 6.12. The molecule has 1 heterocycles. The van der Waals surface area contributed by atoms with Crippen LogP contribution in [-0.2, 0) is 0 Å². The lowest BCUT2D eigenvalue weighted by Gasteiger charge is -2.08. The van der Waals surface area contributed by atoms with Crippen LogP contribution in [-0.4, -0.2) is 18.0 Å². The number of fused-ring (bicyclic) bond motifs is 3. The summed E-state index contributed by atoms with van der Waals surface area (Å²) in [6.07, 6.45) is 0.315. The van der Waals surface area contributed by atoms with Crippen LogP contribution in [0.25, 0.3) is 10.8 Å². The number of ether oxygens (including phenoxy) is 1. The Morgan fingerprint density at radius 2 is 2.11 bits per heavy atom. The number of ketones is 1. The number of methoxy groups -OCH3 is 1. The molecule has 1 aliphatic rings. The predicted octanol–water partition coefficient (Wildman–Crippen LogP) is 2.20. The molecular formula is C14H12O5. The summed E-state index contributed by atoms with van der Waals surface area (Å²) in [5.41, 5.74) is -0.244. The molecule has 1 atom stereocenters. The van der Waals surface area contributed by atoms with E-state index in [1.54, 1.807) is 6.07 Å². The molecular weight excluding hydrogens is 248 g/mol. The lowest BCUT2D eigenvalue weighted by Crippen LogP contribution is -2.06. The van der Waals surface area contributed by atoms with Crippen molar-refractivity contribution in [1.82, 2.24) is 0 Å². The van der Waals surface area contributed by atoms with Crippen LogP contribution in [0.4, 0.5) is 0 Å². The average Bonchev–Trinajstić information content (AvgIpc) is 2.64. The van der Waals surface area contributed by atoms with Crippen molar-refractivity contribution < 1.29 is 19.1 Å². The second-order valence-corrected chi connectivity index (χ2v) is 4.73. The van der Waals surface area contributed by atoms with Crippen LogP contribution < -0.4 is 10.4 Å². The molecule has 3 rings (SSSR count). The van der Waals surface area contributed by atoms with Crippen molar-refractivity contribution in [2.45, 2.75) is 19.3 Å². The molecule has 0 saturated carbocycles. The number of carbonyl (C=O) groups excluding carboxylic acids is 1. The average molecular weight is 260 g/mol. The van der Waals surface area contributed by atoms with Crippen molar-refractivity contribution in [2.75, 3.05) is 7.11 Å². The number of phenolic OH excluding ortho intramolecular Hbond substituents is 1. The van der Waals surface area contributed by atoms with E-state index in [9.17, 15) is 14.7 Å². The molecule has 0 unspecified atom stereocenters. The molecule has 0 aliphatic heterocycles. The second kappa shape index (κ2) is 3.85. The first-order valence-corrected chi connectivity index (χ1v) is 5.94. The lowest BCUT2D eigenvalue weighted by atomic mass is 10.0. The second-order valence-electron chi connectivity index (χ2n) is 4.73. The minimum absolute atomic E-state index is 0.0296. The summed E-state index contributed by atoms with van der Waals surface area (Å²) in [6.45, 7) is 1.83. The fourth-order valence-corrected chi connectivity index (χ4v) is 2.57. The van der Waals surface area contributed by atoms with Crippen molar-refractivity contribution in [2.24, 2.45) is 0 Å². The zero-order chi connectivity index (χ0) is 13.7. The van der Waals surface area contributed by atoms with E-state index < -0.39 is 5.63 Å². The van der Waals surface area contributed by atoms with E-state index in [2.05, 4.69) is 0 Å². The highest BCUT2D eigenvalue weighted by Gasteiger charge is 2.32. The molecule has 1 aromatic heterocycles. The number of aromatic hydroxyl groups is 1. The first-order chi connectivity index (χ1) is 9.02. The molecule has 2 aromatic rings. The smallest absolute Gasteiger partial charge is 0.347 e. The Morgan fingerprint density at radius 3 is 2.79 bits per heavy atom. The van der Waals surface area contributed by atoms with Gasteiger partial charge in [-0.05, 0) is 6.07 Å². The Labute approximate surface area is 108 Å². The van der Waals surface area contributed by atoms with Gasteiger partial charge in [0.25, 0.3) is 0 Å². The summed E-state index contributed by atoms with van der Waals surface area (Å²) < 4.78 is 10.3. The molecule has 5 heteroatoms. The normalized spacial score (nSPS) is 17.8. The number of hydrogen-bond acceptors (Lipinski definition) is 5. The van der Waals surface area contributed by atoms with E-state index >= 15 is 0 Å². The van der Waals surface area contributed by atoms with Crippen molar-refractivity contribution in [3.05, 3.63) is 33.9 Å². The number of rotatable bonds is 1. The van der Waals surface area contributed by atoms with Gasteiger partial charge in [0.1, 0.15) is 22.6 Å². The minimum atomic E-state index is -0.629. The van der Waals surface area contributed by atoms with Gasteiger partial charge in [-0.25, -0.2) is 4.79 Å². The summed E-state index contributed by atoms with van der Waals surface area (Å²) in [4.78, 5) is 24.0. The maximum atomic E-state index is 12.0. The van der Waals surface area contributed by atoms with Crippen molar-refractivity contribution in [1.29, 1.82) is 0 Å². The molecule has 5 nitrogen and oxygen atoms in total. The molecule has 0 fully saturated rings. The molecule has 1 N–H and O–H groups in total. The molecule has 98 valence electrons. The summed E-state index contributed by atoms with van der Waals surface area (Å²) in [7, 11) is 1.46. The van der Waals surface area contributed by atoms with E-state index in [0.717, 1.165) is 0 Å². The first kappa shape index (κ1) is 11.8. The van der Waals surface area contributed by atoms with Gasteiger partial charge in [0, 0.05) is 23.8 Å². The van der Waals surface area contributed by atoms with Crippen LogP contribution in [0.15, 0.2) is 21.3 Å². The molecule has 0 bridgehead atoms. The topological polar surface area (TPSA) is 76.7 Å². The van der Waals surface area contributed by atoms with Gasteiger partial charge < -0.3 is 14.3 Å². The lowest BCUT2D eigenvalue weighted by molar-refractivity contribution is 0.0991. The molecule has 19 heavy (non-hydrogen) atoms. The number of phenols is 1. The Kier molecular flexibility index (Phi) is 2.38. The Balaban J connectivity index is 2.52. The molecule has 0 amide bonds. The number of Topliss-reactive ketones (excluding diaryl/α,β-unsaturated/α-hetero) is 1. The first-order valence-electron chi connectivity index (χ1n) is 5.94. The van der Waals surface area contributed by atoms with Gasteiger partial charge >= 0.3 is 5.63 Å². The van der Waals surface area contributed by atoms with Gasteiger partial charge in [0.05, 0.1) is 12.7 Å². The SMILES string of the molecule is COc1cc(O)c2c(=O)oc3c(c2c1)C(=O)C[C@H]3C. The monoisotopic (exact) mass is 260 g/mol. The number of benzene rings is 1. The van der Waals surface area contributed by atoms with Crippen molar-refractivity contribution in [3.8, 4) is 11.5 Å². The summed E-state index contributed by atoms with van der Waals surface area (Å²) in [6, 6.07) is 2.91. The van der Waals surface area contributed by atoms with Crippen LogP contribution in [0.1, 0.15) is 35.4 Å². The summed E-state index contributed by atoms with van der Waals surface area (Å²) in [5.74, 6) is 0.357. The van der Waals surface area contributed by atoms with Crippen molar-refractivity contribution >= 4 is 16.6 Å². The van der Waals surface area contributed by atoms with E-state index in [0.29, 0.717) is 28.9 Å². The molecule has 0 spiro atoms. The predicted molar refractivity (Wildman–Crippen MR) is 68.1 cm³/mol. The summed E-state index contributed by atoms with van der Waals surface area (Å²) in [5, 5.41) is 10.3. The van der Waals surface area contributed by atoms with Crippen molar-refractivity contribution in [3.63, 3.8) is 0 Å². The van der Waals surface area contributed by atoms with Crippen LogP contribution in [0.5, 0.6) is 11.5 Å². The third-order valence-electron chi connectivity index (χ3n) is 3.47. The maximum Gasteiger partial charge on any atom is 0.347 e. The molecule has 0 saturated heterocycles. The minimum Gasteiger partial charge on any atom is -0.507 e. The highest BCUT2D eigenvalue weighted by Crippen LogP contribution is 2.39. The zero-order valence-corrected chi connectivity index (χ0v) is 10.5. The Hall–Kier alpha value is -2.30. The Morgan fingerprint density at radius 1 is 1.37 bits per heavy atom. The number of hydrogen-bond donors (Lipinski definition) is 1. The quantitative estimate of drug-likeness (QED) is 0.850. The third-order valence-corrected chi connectivity index (χ3v) is 3.47. The highest BCUT2D eigenvalue weighted by atomic mass is 16.5. The number of carbonyl (C=O) groups is 1. The van der Waals surface area contributed by atoms with Crippen LogP contribution in [0, 0.1) is 0 Å². The zero-order valence-electron chi connectivity index (χ0n) is 10.5. The fourth-order valence-electron chi connectivity index (χ4n) is 2.57. The molecule has 1 aliphatic carbocycles. The van der Waals surface area contributed by atoms with Gasteiger partial charge in [0.15, 0.2) is 5.78 Å². The fraction of sp³-hybridized carbons (Fsp3) is 0.286. The largest absolute Gasteiger partial charge is 0.507 e. The molecule has 1 aromatic carbocycles. The van der Waals surface area contributed by atoms with Crippen LogP contribution in [0.2, 0.25) is 0 Å². The third kappa shape index (κ3) is 1.54. The van der Waals surface area contributed by atoms with E-state index in [4.69, 9.17) is 9.15 Å². The summed E-state index contributed by atoms with van der Waals surface area (Å²) >= 11 is 0. The van der Waals surface area contributed by atoms with Crippen LogP contribution >= 0.6 is 0 Å². The van der Waals surface area contributed by atoms with Gasteiger partial charge in [-0.2, -0.15) is 0 Å². The van der Waals surface area contributed by atoms with Gasteiger partial charge in [-0.1, -0.05) is 6.92 Å². The maximum absolute atomic E-state index is 12.0. The van der Waals surface area contributed by atoms with Gasteiger partial charge in [-0.15, -0.1) is 0 Å². The standard InChI is InChI=1S/C14H12O5/c1-6-3-9(15)11-8-4-7(18-2)5-10(16)12(8)14(17)19-13(6)11/h4-6,16H,3H2,1-2H3/t6-/m1/s1. The van der Waals surface area contributed by atoms with Gasteiger partial charge in [-0.3, -0.25) is 4.79 Å². The Bertz CT molecular complexity index is 757. The van der Waals surface area contributed by atoms with Gasteiger partial charge in [0.2, 0.25) is 0 Å². The van der Waals surface area contributed by atoms with E-state index in [1.807, 2.05) is 6.92 Å². The van der Waals surface area contributed by atoms with Crippen LogP contribution in [0.3, 0.4) is 0 Å². The van der Waals surface area contributed by atoms with E-state index in [1.165, 1.54) is 13.2 Å². The van der Waals surface area contributed by atoms with E-state index in [-0.39, 0.29) is 22.8 Å².